The highest BCUT2D eigenvalue weighted by molar-refractivity contribution is 6.30. The van der Waals surface area contributed by atoms with Gasteiger partial charge in [-0.05, 0) is 48.4 Å². The first-order valence-electron chi connectivity index (χ1n) is 7.34. The molecule has 1 aliphatic rings. The zero-order valence-electron chi connectivity index (χ0n) is 12.6. The minimum Gasteiger partial charge on any atom is -0.316 e. The molecule has 0 aromatic heterocycles. The molecule has 1 aromatic carbocycles. The van der Waals surface area contributed by atoms with Crippen LogP contribution in [0.3, 0.4) is 0 Å². The largest absolute Gasteiger partial charge is 0.316 e. The summed E-state index contributed by atoms with van der Waals surface area (Å²) in [5.41, 5.74) is 2.18. The van der Waals surface area contributed by atoms with Crippen LogP contribution < -0.4 is 5.32 Å². The fourth-order valence-corrected chi connectivity index (χ4v) is 3.27. The summed E-state index contributed by atoms with van der Waals surface area (Å²) in [5, 5.41) is 4.37. The second-order valence-electron chi connectivity index (χ2n) is 7.04. The molecule has 0 aliphatic heterocycles. The van der Waals surface area contributed by atoms with E-state index in [4.69, 9.17) is 11.6 Å². The third kappa shape index (κ3) is 3.14. The maximum atomic E-state index is 6.01. The molecule has 0 radical (unpaired) electrons. The molecular weight excluding hydrogens is 254 g/mol. The predicted octanol–water partition coefficient (Wildman–Crippen LogP) is 4.64. The van der Waals surface area contributed by atoms with Crippen LogP contribution in [0.15, 0.2) is 24.3 Å². The van der Waals surface area contributed by atoms with E-state index in [9.17, 15) is 0 Å². The molecule has 0 unspecified atom stereocenters. The third-order valence-electron chi connectivity index (χ3n) is 4.67. The zero-order valence-corrected chi connectivity index (χ0v) is 13.3. The van der Waals surface area contributed by atoms with Crippen molar-refractivity contribution in [2.75, 3.05) is 13.1 Å². The van der Waals surface area contributed by atoms with Crippen molar-refractivity contribution in [1.82, 2.24) is 5.32 Å². The lowest BCUT2D eigenvalue weighted by atomic mass is 9.52. The Labute approximate surface area is 122 Å². The highest BCUT2D eigenvalue weighted by atomic mass is 35.5. The van der Waals surface area contributed by atoms with Crippen molar-refractivity contribution in [1.29, 1.82) is 0 Å². The molecule has 1 N–H and O–H groups in total. The molecule has 1 aliphatic carbocycles. The van der Waals surface area contributed by atoms with Crippen molar-refractivity contribution in [3.63, 3.8) is 0 Å². The highest BCUT2D eigenvalue weighted by Gasteiger charge is 2.48. The van der Waals surface area contributed by atoms with Gasteiger partial charge in [0, 0.05) is 17.0 Å². The summed E-state index contributed by atoms with van der Waals surface area (Å²) >= 11 is 6.01. The first-order valence-corrected chi connectivity index (χ1v) is 7.72. The van der Waals surface area contributed by atoms with E-state index in [0.29, 0.717) is 10.8 Å². The van der Waals surface area contributed by atoms with E-state index in [1.807, 2.05) is 12.1 Å². The smallest absolute Gasteiger partial charge is 0.0406 e. The topological polar surface area (TPSA) is 12.0 Å². The van der Waals surface area contributed by atoms with E-state index in [0.717, 1.165) is 24.0 Å². The lowest BCUT2D eigenvalue weighted by Gasteiger charge is -2.53. The van der Waals surface area contributed by atoms with Crippen LogP contribution in [0.4, 0.5) is 0 Å². The molecule has 0 heterocycles. The van der Waals surface area contributed by atoms with Crippen LogP contribution in [-0.2, 0) is 5.41 Å². The van der Waals surface area contributed by atoms with Gasteiger partial charge in [-0.1, -0.05) is 51.4 Å². The van der Waals surface area contributed by atoms with Crippen molar-refractivity contribution >= 4 is 11.6 Å². The second kappa shape index (κ2) is 5.46. The normalized spacial score (nSPS) is 27.1. The van der Waals surface area contributed by atoms with Gasteiger partial charge in [0.15, 0.2) is 0 Å². The van der Waals surface area contributed by atoms with Gasteiger partial charge in [-0.2, -0.15) is 0 Å². The molecule has 0 amide bonds. The van der Waals surface area contributed by atoms with Gasteiger partial charge in [0.2, 0.25) is 0 Å². The first-order chi connectivity index (χ1) is 8.87. The monoisotopic (exact) mass is 279 g/mol. The Morgan fingerprint density at radius 2 is 1.79 bits per heavy atom. The Morgan fingerprint density at radius 1 is 1.21 bits per heavy atom. The number of hydrogen-bond donors (Lipinski definition) is 1. The molecule has 1 saturated carbocycles. The fraction of sp³-hybridized carbons (Fsp3) is 0.647. The number of halogens is 1. The van der Waals surface area contributed by atoms with Gasteiger partial charge in [0.05, 0.1) is 0 Å². The second-order valence-corrected chi connectivity index (χ2v) is 7.48. The van der Waals surface area contributed by atoms with Crippen molar-refractivity contribution in [2.24, 2.45) is 11.3 Å². The predicted molar refractivity (Wildman–Crippen MR) is 83.9 cm³/mol. The summed E-state index contributed by atoms with van der Waals surface area (Å²) in [6.45, 7) is 11.4. The molecule has 0 bridgehead atoms. The molecule has 0 saturated heterocycles. The summed E-state index contributed by atoms with van der Waals surface area (Å²) in [4.78, 5) is 0. The molecule has 2 rings (SSSR count). The van der Waals surface area contributed by atoms with Gasteiger partial charge in [-0.3, -0.25) is 0 Å². The summed E-state index contributed by atoms with van der Waals surface area (Å²) in [5.74, 6) is 0.821. The van der Waals surface area contributed by atoms with Crippen LogP contribution in [0.2, 0.25) is 5.02 Å². The average molecular weight is 280 g/mol. The van der Waals surface area contributed by atoms with Crippen molar-refractivity contribution in [2.45, 2.75) is 46.0 Å². The zero-order chi connectivity index (χ0) is 14.1. The highest BCUT2D eigenvalue weighted by Crippen LogP contribution is 2.54. The molecule has 0 atom stereocenters. The van der Waals surface area contributed by atoms with E-state index < -0.39 is 0 Å². The van der Waals surface area contributed by atoms with Crippen LogP contribution in [0, 0.1) is 11.3 Å². The quantitative estimate of drug-likeness (QED) is 0.846. The summed E-state index contributed by atoms with van der Waals surface area (Å²) in [6, 6.07) is 8.46. The van der Waals surface area contributed by atoms with Crippen molar-refractivity contribution in [3.8, 4) is 0 Å². The molecule has 1 nitrogen and oxygen atoms in total. The SMILES string of the molecule is CCNCC1(c2ccc(Cl)cc2)CC(C(C)(C)C)C1. The molecule has 1 fully saturated rings. The van der Waals surface area contributed by atoms with Crippen molar-refractivity contribution in [3.05, 3.63) is 34.9 Å². The van der Waals surface area contributed by atoms with Crippen LogP contribution in [0.5, 0.6) is 0 Å². The van der Waals surface area contributed by atoms with Gasteiger partial charge in [-0.25, -0.2) is 0 Å². The number of nitrogens with one attached hydrogen (secondary N) is 1. The number of likely N-dealkylation sites (N-methyl/N-ethyl adjacent to an activating group) is 1. The fourth-order valence-electron chi connectivity index (χ4n) is 3.15. The molecule has 0 spiro atoms. The third-order valence-corrected chi connectivity index (χ3v) is 4.92. The average Bonchev–Trinajstić information content (AvgIpc) is 2.28. The Kier molecular flexibility index (Phi) is 4.27. The maximum absolute atomic E-state index is 6.01. The summed E-state index contributed by atoms with van der Waals surface area (Å²) in [7, 11) is 0. The Balaban J connectivity index is 2.16. The standard InChI is InChI=1S/C17H26ClN/c1-5-19-12-17(10-14(11-17)16(2,3)4)13-6-8-15(18)9-7-13/h6-9,14,19H,5,10-12H2,1-4H3. The van der Waals surface area contributed by atoms with E-state index >= 15 is 0 Å². The minimum atomic E-state index is 0.318. The Bertz CT molecular complexity index is 410. The van der Waals surface area contributed by atoms with E-state index in [1.165, 1.54) is 18.4 Å². The number of rotatable bonds is 4. The van der Waals surface area contributed by atoms with Crippen LogP contribution in [0.25, 0.3) is 0 Å². The van der Waals surface area contributed by atoms with Gasteiger partial charge < -0.3 is 5.32 Å². The van der Waals surface area contributed by atoms with Crippen LogP contribution in [-0.4, -0.2) is 13.1 Å². The molecular formula is C17H26ClN. The van der Waals surface area contributed by atoms with E-state index in [-0.39, 0.29) is 0 Å². The molecule has 2 heteroatoms. The lowest BCUT2D eigenvalue weighted by molar-refractivity contribution is 0.0452. The number of hydrogen-bond acceptors (Lipinski definition) is 1. The van der Waals surface area contributed by atoms with Crippen molar-refractivity contribution < 1.29 is 0 Å². The number of benzene rings is 1. The van der Waals surface area contributed by atoms with Gasteiger partial charge in [-0.15, -0.1) is 0 Å². The Hall–Kier alpha value is -0.530. The van der Waals surface area contributed by atoms with Gasteiger partial charge in [0.1, 0.15) is 0 Å². The van der Waals surface area contributed by atoms with Crippen LogP contribution in [0.1, 0.15) is 46.1 Å². The van der Waals surface area contributed by atoms with Gasteiger partial charge in [0.25, 0.3) is 0 Å². The van der Waals surface area contributed by atoms with E-state index in [1.54, 1.807) is 0 Å². The van der Waals surface area contributed by atoms with Gasteiger partial charge >= 0.3 is 0 Å². The first kappa shape index (κ1) is 14.9. The maximum Gasteiger partial charge on any atom is 0.0406 e. The summed E-state index contributed by atoms with van der Waals surface area (Å²) in [6.07, 6.45) is 2.57. The Morgan fingerprint density at radius 3 is 2.26 bits per heavy atom. The summed E-state index contributed by atoms with van der Waals surface area (Å²) < 4.78 is 0. The molecule has 1 aromatic rings. The van der Waals surface area contributed by atoms with E-state index in [2.05, 4.69) is 45.1 Å². The lowest BCUT2D eigenvalue weighted by Crippen LogP contribution is -2.52. The minimum absolute atomic E-state index is 0.318. The molecule has 106 valence electrons. The molecule has 19 heavy (non-hydrogen) atoms. The van der Waals surface area contributed by atoms with Crippen LogP contribution >= 0.6 is 11.6 Å².